The van der Waals surface area contributed by atoms with Gasteiger partial charge in [-0.3, -0.25) is 9.78 Å². The molecule has 7 heteroatoms. The summed E-state index contributed by atoms with van der Waals surface area (Å²) in [7, 11) is 1.58. The van der Waals surface area contributed by atoms with Crippen LogP contribution in [0.3, 0.4) is 0 Å². The average Bonchev–Trinajstić information content (AvgIpc) is 3.09. The maximum atomic E-state index is 13.6. The maximum Gasteiger partial charge on any atom is 0.347 e. The number of hydrogen-bond donors (Lipinski definition) is 1. The number of carboxylic acid groups (broad SMARTS) is 1. The number of nitrogens with zero attached hydrogens (tertiary/aromatic N) is 2. The molecule has 0 spiro atoms. The zero-order valence-electron chi connectivity index (χ0n) is 19.5. The molecule has 0 aliphatic carbocycles. The van der Waals surface area contributed by atoms with Crippen molar-refractivity contribution in [2.24, 2.45) is 0 Å². The molecule has 0 radical (unpaired) electrons. The van der Waals surface area contributed by atoms with E-state index in [-0.39, 0.29) is 5.78 Å². The molecule has 174 valence electrons. The molecule has 0 atom stereocenters. The number of rotatable bonds is 8. The third-order valence-corrected chi connectivity index (χ3v) is 5.81. The van der Waals surface area contributed by atoms with E-state index in [1.54, 1.807) is 55.8 Å². The van der Waals surface area contributed by atoms with Gasteiger partial charge in [-0.2, -0.15) is 0 Å². The van der Waals surface area contributed by atoms with Gasteiger partial charge in [0.1, 0.15) is 11.5 Å². The second-order valence-corrected chi connectivity index (χ2v) is 8.52. The van der Waals surface area contributed by atoms with Crippen molar-refractivity contribution in [1.29, 1.82) is 0 Å². The van der Waals surface area contributed by atoms with Gasteiger partial charge in [0.2, 0.25) is 0 Å². The molecule has 4 aromatic rings. The lowest BCUT2D eigenvalue weighted by atomic mass is 10.0. The lowest BCUT2D eigenvalue weighted by Crippen LogP contribution is -2.37. The Balaban J connectivity index is 1.85. The van der Waals surface area contributed by atoms with E-state index < -0.39 is 11.6 Å². The highest BCUT2D eigenvalue weighted by Gasteiger charge is 2.30. The number of carboxylic acids is 1. The molecule has 0 saturated heterocycles. The molecular weight excluding hydrogens is 432 g/mol. The van der Waals surface area contributed by atoms with Gasteiger partial charge in [0.25, 0.3) is 0 Å². The van der Waals surface area contributed by atoms with E-state index in [9.17, 15) is 14.7 Å². The molecule has 4 rings (SSSR count). The van der Waals surface area contributed by atoms with Crippen molar-refractivity contribution in [1.82, 2.24) is 9.55 Å². The quantitative estimate of drug-likeness (QED) is 0.379. The Labute approximate surface area is 197 Å². The zero-order chi connectivity index (χ0) is 24.5. The normalized spacial score (nSPS) is 11.4. The molecular formula is C27H26N2O5. The van der Waals surface area contributed by atoms with Crippen LogP contribution in [0.2, 0.25) is 0 Å². The second-order valence-electron chi connectivity index (χ2n) is 8.52. The number of methoxy groups -OCH3 is 1. The predicted molar refractivity (Wildman–Crippen MR) is 129 cm³/mol. The van der Waals surface area contributed by atoms with E-state index in [4.69, 9.17) is 9.47 Å². The Kier molecular flexibility index (Phi) is 6.11. The summed E-state index contributed by atoms with van der Waals surface area (Å²) in [5.41, 5.74) is 2.12. The van der Waals surface area contributed by atoms with Gasteiger partial charge < -0.3 is 19.1 Å². The molecule has 0 fully saturated rings. The Morgan fingerprint density at radius 3 is 2.35 bits per heavy atom. The van der Waals surface area contributed by atoms with Crippen molar-refractivity contribution in [2.45, 2.75) is 32.9 Å². The standard InChI is InChI=1S/C27H26N2O5/c1-17-24(25(30)18-8-10-20(33-4)11-9-18)22-13-12-21(34-27(2,3)26(31)32)15-23(22)29(17)16-19-7-5-6-14-28-19/h5-15H,16H2,1-4H3,(H,31,32). The highest BCUT2D eigenvalue weighted by molar-refractivity contribution is 6.17. The molecule has 1 N–H and O–H groups in total. The Morgan fingerprint density at radius 2 is 1.74 bits per heavy atom. The highest BCUT2D eigenvalue weighted by Crippen LogP contribution is 2.33. The summed E-state index contributed by atoms with van der Waals surface area (Å²) < 4.78 is 13.0. The second kappa shape index (κ2) is 9.02. The van der Waals surface area contributed by atoms with Gasteiger partial charge in [0, 0.05) is 28.9 Å². The first-order valence-electron chi connectivity index (χ1n) is 10.8. The number of ketones is 1. The van der Waals surface area contributed by atoms with Gasteiger partial charge in [-0.25, -0.2) is 4.79 Å². The van der Waals surface area contributed by atoms with Crippen LogP contribution < -0.4 is 9.47 Å². The molecule has 0 bridgehead atoms. The van der Waals surface area contributed by atoms with Crippen LogP contribution in [0.1, 0.15) is 41.2 Å². The van der Waals surface area contributed by atoms with Gasteiger partial charge in [0.05, 0.1) is 30.4 Å². The summed E-state index contributed by atoms with van der Waals surface area (Å²) in [6.45, 7) is 5.35. The number of pyridine rings is 1. The zero-order valence-corrected chi connectivity index (χ0v) is 19.5. The summed E-state index contributed by atoms with van der Waals surface area (Å²) in [5, 5.41) is 10.2. The molecule has 2 heterocycles. The molecule has 0 saturated carbocycles. The number of carbonyl (C=O) groups excluding carboxylic acids is 1. The first kappa shape index (κ1) is 23.0. The Bertz CT molecular complexity index is 1360. The van der Waals surface area contributed by atoms with Crippen molar-refractivity contribution >= 4 is 22.7 Å². The molecule has 7 nitrogen and oxygen atoms in total. The lowest BCUT2D eigenvalue weighted by Gasteiger charge is -2.21. The summed E-state index contributed by atoms with van der Waals surface area (Å²) >= 11 is 0. The van der Waals surface area contributed by atoms with Crippen molar-refractivity contribution in [3.05, 3.63) is 89.4 Å². The summed E-state index contributed by atoms with van der Waals surface area (Å²) in [5.74, 6) is -0.0933. The number of carbonyl (C=O) groups is 2. The number of benzene rings is 2. The summed E-state index contributed by atoms with van der Waals surface area (Å²) in [6.07, 6.45) is 1.73. The van der Waals surface area contributed by atoms with E-state index in [0.717, 1.165) is 22.3 Å². The largest absolute Gasteiger partial charge is 0.497 e. The van der Waals surface area contributed by atoms with E-state index in [1.807, 2.05) is 29.7 Å². The smallest absolute Gasteiger partial charge is 0.347 e. The fourth-order valence-electron chi connectivity index (χ4n) is 3.89. The molecule has 0 amide bonds. The average molecular weight is 459 g/mol. The van der Waals surface area contributed by atoms with Crippen molar-refractivity contribution < 1.29 is 24.2 Å². The molecule has 0 aliphatic heterocycles. The number of ether oxygens (including phenoxy) is 2. The van der Waals surface area contributed by atoms with E-state index >= 15 is 0 Å². The molecule has 0 unspecified atom stereocenters. The monoisotopic (exact) mass is 458 g/mol. The number of aliphatic carboxylic acids is 1. The minimum Gasteiger partial charge on any atom is -0.497 e. The van der Waals surface area contributed by atoms with Crippen LogP contribution in [-0.4, -0.2) is 39.1 Å². The van der Waals surface area contributed by atoms with E-state index in [0.29, 0.717) is 29.2 Å². The van der Waals surface area contributed by atoms with Gasteiger partial charge in [-0.1, -0.05) is 6.07 Å². The summed E-state index contributed by atoms with van der Waals surface area (Å²) in [4.78, 5) is 29.6. The van der Waals surface area contributed by atoms with Crippen LogP contribution in [0.5, 0.6) is 11.5 Å². The molecule has 2 aromatic carbocycles. The van der Waals surface area contributed by atoms with Crippen molar-refractivity contribution in [2.75, 3.05) is 7.11 Å². The maximum absolute atomic E-state index is 13.6. The van der Waals surface area contributed by atoms with Crippen LogP contribution in [0.25, 0.3) is 10.9 Å². The SMILES string of the molecule is COc1ccc(C(=O)c2c(C)n(Cc3ccccn3)c3cc(OC(C)(C)C(=O)O)ccc23)cc1. The van der Waals surface area contributed by atoms with Crippen LogP contribution >= 0.6 is 0 Å². The minimum atomic E-state index is -1.40. The van der Waals surface area contributed by atoms with Gasteiger partial charge in [-0.15, -0.1) is 0 Å². The predicted octanol–water partition coefficient (Wildman–Crippen LogP) is 4.87. The highest BCUT2D eigenvalue weighted by atomic mass is 16.5. The fourth-order valence-corrected chi connectivity index (χ4v) is 3.89. The van der Waals surface area contributed by atoms with Crippen LogP contribution in [0.4, 0.5) is 0 Å². The molecule has 0 aliphatic rings. The van der Waals surface area contributed by atoms with Gasteiger partial charge >= 0.3 is 5.97 Å². The number of aromatic nitrogens is 2. The lowest BCUT2D eigenvalue weighted by molar-refractivity contribution is -0.152. The summed E-state index contributed by atoms with van der Waals surface area (Å²) in [6, 6.07) is 18.0. The fraction of sp³-hybridized carbons (Fsp3) is 0.222. The first-order chi connectivity index (χ1) is 16.2. The van der Waals surface area contributed by atoms with Gasteiger partial charge in [-0.05, 0) is 69.3 Å². The van der Waals surface area contributed by atoms with Gasteiger partial charge in [0.15, 0.2) is 11.4 Å². The number of fused-ring (bicyclic) bond motifs is 1. The van der Waals surface area contributed by atoms with Crippen LogP contribution in [-0.2, 0) is 11.3 Å². The van der Waals surface area contributed by atoms with E-state index in [1.165, 1.54) is 13.8 Å². The topological polar surface area (TPSA) is 90.7 Å². The van der Waals surface area contributed by atoms with Crippen LogP contribution in [0.15, 0.2) is 66.9 Å². The van der Waals surface area contributed by atoms with E-state index in [2.05, 4.69) is 4.98 Å². The molecule has 34 heavy (non-hydrogen) atoms. The molecule has 2 aromatic heterocycles. The third kappa shape index (κ3) is 4.37. The third-order valence-electron chi connectivity index (χ3n) is 5.81. The first-order valence-corrected chi connectivity index (χ1v) is 10.8. The van der Waals surface area contributed by atoms with Crippen molar-refractivity contribution in [3.63, 3.8) is 0 Å². The Hall–Kier alpha value is -4.13. The van der Waals surface area contributed by atoms with Crippen molar-refractivity contribution in [3.8, 4) is 11.5 Å². The minimum absolute atomic E-state index is 0.107. The van der Waals surface area contributed by atoms with Crippen LogP contribution in [0, 0.1) is 6.92 Å². The Morgan fingerprint density at radius 1 is 1.03 bits per heavy atom. The number of hydrogen-bond acceptors (Lipinski definition) is 5.